The van der Waals surface area contributed by atoms with E-state index in [1.165, 1.54) is 0 Å². The maximum absolute atomic E-state index is 8.98. The number of aryl methyl sites for hydroxylation is 3. The van der Waals surface area contributed by atoms with Gasteiger partial charge in [-0.15, -0.1) is 0 Å². The number of hydrogen-bond acceptors (Lipinski definition) is 4. The summed E-state index contributed by atoms with van der Waals surface area (Å²) in [7, 11) is 1.79. The first-order valence-electron chi connectivity index (χ1n) is 4.99. The van der Waals surface area contributed by atoms with Crippen LogP contribution in [0, 0.1) is 25.2 Å². The number of aromatic nitrogens is 3. The standard InChI is InChI=1S/C10H17N5/c1-8-13-9(2)15(14-8)6-5-10(3,7-11)12-4/h12H,5-6H2,1-4H3. The maximum atomic E-state index is 8.98. The van der Waals surface area contributed by atoms with Crippen molar-refractivity contribution in [2.24, 2.45) is 0 Å². The minimum absolute atomic E-state index is 0.494. The SMILES string of the molecule is CNC(C)(C#N)CCn1nc(C)nc1C. The molecule has 0 aliphatic heterocycles. The Labute approximate surface area is 90.1 Å². The molecule has 15 heavy (non-hydrogen) atoms. The second-order valence-electron chi connectivity index (χ2n) is 3.87. The summed E-state index contributed by atoms with van der Waals surface area (Å²) in [6, 6.07) is 2.25. The fraction of sp³-hybridized carbons (Fsp3) is 0.700. The van der Waals surface area contributed by atoms with E-state index in [-0.39, 0.29) is 0 Å². The lowest BCUT2D eigenvalue weighted by Crippen LogP contribution is -2.39. The molecule has 0 aliphatic rings. The number of nitrogens with one attached hydrogen (secondary N) is 1. The van der Waals surface area contributed by atoms with E-state index in [1.807, 2.05) is 25.5 Å². The topological polar surface area (TPSA) is 66.5 Å². The molecule has 1 atom stereocenters. The van der Waals surface area contributed by atoms with Gasteiger partial charge in [-0.1, -0.05) is 0 Å². The van der Waals surface area contributed by atoms with E-state index in [2.05, 4.69) is 21.5 Å². The molecule has 5 heteroatoms. The van der Waals surface area contributed by atoms with Gasteiger partial charge in [0.1, 0.15) is 17.2 Å². The molecular weight excluding hydrogens is 190 g/mol. The first-order valence-corrected chi connectivity index (χ1v) is 4.99. The molecule has 5 nitrogen and oxygen atoms in total. The molecule has 1 rings (SSSR count). The Bertz CT molecular complexity index is 376. The molecule has 0 saturated heterocycles. The van der Waals surface area contributed by atoms with Gasteiger partial charge in [0.25, 0.3) is 0 Å². The van der Waals surface area contributed by atoms with E-state index >= 15 is 0 Å². The van der Waals surface area contributed by atoms with E-state index in [1.54, 1.807) is 7.05 Å². The molecule has 1 unspecified atom stereocenters. The Balaban J connectivity index is 2.65. The van der Waals surface area contributed by atoms with Crippen LogP contribution in [0.15, 0.2) is 0 Å². The Morgan fingerprint density at radius 2 is 2.20 bits per heavy atom. The molecule has 1 aromatic heterocycles. The number of rotatable bonds is 4. The molecule has 0 fully saturated rings. The largest absolute Gasteiger partial charge is 0.303 e. The fourth-order valence-electron chi connectivity index (χ4n) is 1.34. The van der Waals surface area contributed by atoms with Gasteiger partial charge in [0.15, 0.2) is 0 Å². The normalized spacial score (nSPS) is 14.6. The van der Waals surface area contributed by atoms with E-state index in [0.29, 0.717) is 13.0 Å². The average Bonchev–Trinajstić information content (AvgIpc) is 2.54. The lowest BCUT2D eigenvalue weighted by atomic mass is 10.0. The monoisotopic (exact) mass is 207 g/mol. The number of nitriles is 1. The Morgan fingerprint density at radius 1 is 1.53 bits per heavy atom. The van der Waals surface area contributed by atoms with Crippen LogP contribution < -0.4 is 5.32 Å². The van der Waals surface area contributed by atoms with Crippen molar-refractivity contribution in [3.8, 4) is 6.07 Å². The minimum Gasteiger partial charge on any atom is -0.303 e. The van der Waals surface area contributed by atoms with Crippen LogP contribution in [0.3, 0.4) is 0 Å². The van der Waals surface area contributed by atoms with Crippen molar-refractivity contribution in [2.75, 3.05) is 7.05 Å². The van der Waals surface area contributed by atoms with Crippen molar-refractivity contribution in [1.82, 2.24) is 20.1 Å². The van der Waals surface area contributed by atoms with Crippen LogP contribution in [-0.4, -0.2) is 27.4 Å². The quantitative estimate of drug-likeness (QED) is 0.792. The highest BCUT2D eigenvalue weighted by Crippen LogP contribution is 2.09. The van der Waals surface area contributed by atoms with Gasteiger partial charge in [-0.3, -0.25) is 4.68 Å². The lowest BCUT2D eigenvalue weighted by Gasteiger charge is -2.20. The maximum Gasteiger partial charge on any atom is 0.147 e. The highest BCUT2D eigenvalue weighted by molar-refractivity contribution is 5.03. The van der Waals surface area contributed by atoms with Crippen molar-refractivity contribution in [3.63, 3.8) is 0 Å². The summed E-state index contributed by atoms with van der Waals surface area (Å²) in [5.74, 6) is 1.67. The van der Waals surface area contributed by atoms with E-state index in [4.69, 9.17) is 5.26 Å². The molecular formula is C10H17N5. The molecule has 1 aromatic rings. The molecule has 0 radical (unpaired) electrons. The third kappa shape index (κ3) is 2.77. The fourth-order valence-corrected chi connectivity index (χ4v) is 1.34. The van der Waals surface area contributed by atoms with Gasteiger partial charge in [0.2, 0.25) is 0 Å². The first-order chi connectivity index (χ1) is 7.00. The zero-order chi connectivity index (χ0) is 11.5. The molecule has 1 heterocycles. The molecule has 0 aromatic carbocycles. The van der Waals surface area contributed by atoms with E-state index in [9.17, 15) is 0 Å². The van der Waals surface area contributed by atoms with E-state index < -0.39 is 5.54 Å². The lowest BCUT2D eigenvalue weighted by molar-refractivity contribution is 0.404. The van der Waals surface area contributed by atoms with Crippen LogP contribution in [0.5, 0.6) is 0 Å². The summed E-state index contributed by atoms with van der Waals surface area (Å²) < 4.78 is 1.84. The predicted octanol–water partition coefficient (Wildman–Crippen LogP) is 0.787. The zero-order valence-electron chi connectivity index (χ0n) is 9.70. The van der Waals surface area contributed by atoms with Gasteiger partial charge < -0.3 is 5.32 Å². The minimum atomic E-state index is -0.494. The van der Waals surface area contributed by atoms with Crippen molar-refractivity contribution in [2.45, 2.75) is 39.3 Å². The molecule has 0 aliphatic carbocycles. The van der Waals surface area contributed by atoms with Gasteiger partial charge in [-0.2, -0.15) is 10.4 Å². The molecule has 82 valence electrons. The average molecular weight is 207 g/mol. The predicted molar refractivity (Wildman–Crippen MR) is 57.2 cm³/mol. The number of hydrogen-bond donors (Lipinski definition) is 1. The van der Waals surface area contributed by atoms with Crippen LogP contribution in [0.4, 0.5) is 0 Å². The third-order valence-electron chi connectivity index (χ3n) is 2.58. The Kier molecular flexibility index (Phi) is 3.43. The van der Waals surface area contributed by atoms with E-state index in [0.717, 1.165) is 11.6 Å². The third-order valence-corrected chi connectivity index (χ3v) is 2.58. The second kappa shape index (κ2) is 4.41. The number of nitrogens with zero attached hydrogens (tertiary/aromatic N) is 4. The summed E-state index contributed by atoms with van der Waals surface area (Å²) in [5.41, 5.74) is -0.494. The van der Waals surface area contributed by atoms with Crippen molar-refractivity contribution in [3.05, 3.63) is 11.6 Å². The van der Waals surface area contributed by atoms with Gasteiger partial charge >= 0.3 is 0 Å². The van der Waals surface area contributed by atoms with Crippen molar-refractivity contribution < 1.29 is 0 Å². The zero-order valence-corrected chi connectivity index (χ0v) is 9.70. The van der Waals surface area contributed by atoms with Crippen LogP contribution in [0.25, 0.3) is 0 Å². The molecule has 0 saturated carbocycles. The van der Waals surface area contributed by atoms with Crippen LogP contribution >= 0.6 is 0 Å². The molecule has 0 amide bonds. The van der Waals surface area contributed by atoms with Crippen LogP contribution in [-0.2, 0) is 6.54 Å². The Hall–Kier alpha value is -1.41. The van der Waals surface area contributed by atoms with Crippen LogP contribution in [0.2, 0.25) is 0 Å². The summed E-state index contributed by atoms with van der Waals surface area (Å²) in [4.78, 5) is 4.21. The van der Waals surface area contributed by atoms with Gasteiger partial charge in [-0.05, 0) is 34.2 Å². The van der Waals surface area contributed by atoms with Gasteiger partial charge in [0, 0.05) is 6.54 Å². The first kappa shape index (κ1) is 11.7. The molecule has 0 bridgehead atoms. The van der Waals surface area contributed by atoms with Gasteiger partial charge in [0.05, 0.1) is 6.07 Å². The summed E-state index contributed by atoms with van der Waals surface area (Å²) in [5, 5.41) is 16.2. The van der Waals surface area contributed by atoms with Crippen molar-refractivity contribution in [1.29, 1.82) is 5.26 Å². The van der Waals surface area contributed by atoms with Crippen molar-refractivity contribution >= 4 is 0 Å². The second-order valence-corrected chi connectivity index (χ2v) is 3.87. The highest BCUT2D eigenvalue weighted by atomic mass is 15.3. The molecule has 1 N–H and O–H groups in total. The summed E-state index contributed by atoms with van der Waals surface area (Å²) in [6.45, 7) is 6.37. The Morgan fingerprint density at radius 3 is 2.60 bits per heavy atom. The van der Waals surface area contributed by atoms with Crippen LogP contribution in [0.1, 0.15) is 25.0 Å². The summed E-state index contributed by atoms with van der Waals surface area (Å²) >= 11 is 0. The highest BCUT2D eigenvalue weighted by Gasteiger charge is 2.21. The molecule has 0 spiro atoms. The summed E-state index contributed by atoms with van der Waals surface area (Å²) in [6.07, 6.45) is 0.712. The van der Waals surface area contributed by atoms with Gasteiger partial charge in [-0.25, -0.2) is 4.98 Å². The smallest absolute Gasteiger partial charge is 0.147 e.